The van der Waals surface area contributed by atoms with Gasteiger partial charge in [-0.15, -0.1) is 0 Å². The normalized spacial score (nSPS) is 15.1. The quantitative estimate of drug-likeness (QED) is 0.573. The van der Waals surface area contributed by atoms with Gasteiger partial charge in [0.2, 0.25) is 0 Å². The number of anilines is 1. The van der Waals surface area contributed by atoms with Crippen LogP contribution in [0, 0.1) is 5.82 Å². The molecule has 2 aromatic heterocycles. The predicted octanol–water partition coefficient (Wildman–Crippen LogP) is 4.09. The van der Waals surface area contributed by atoms with Gasteiger partial charge >= 0.3 is 0 Å². The maximum Gasteiger partial charge on any atom is 0.140 e. The molecule has 0 radical (unpaired) electrons. The van der Waals surface area contributed by atoms with Crippen LogP contribution < -0.4 is 4.90 Å². The van der Waals surface area contributed by atoms with Gasteiger partial charge in [0.1, 0.15) is 17.5 Å². The highest BCUT2D eigenvalue weighted by molar-refractivity contribution is 5.79. The molecule has 1 N–H and O–H groups in total. The highest BCUT2D eigenvalue weighted by Gasteiger charge is 2.19. The molecule has 29 heavy (non-hydrogen) atoms. The zero-order chi connectivity index (χ0) is 19.6. The lowest BCUT2D eigenvalue weighted by Gasteiger charge is -2.35. The van der Waals surface area contributed by atoms with Crippen LogP contribution in [0.1, 0.15) is 5.56 Å². The molecule has 1 fully saturated rings. The van der Waals surface area contributed by atoms with Gasteiger partial charge in [-0.05, 0) is 30.3 Å². The van der Waals surface area contributed by atoms with Crippen LogP contribution in [0.15, 0.2) is 66.9 Å². The molecule has 5 rings (SSSR count). The van der Waals surface area contributed by atoms with Gasteiger partial charge in [-0.2, -0.15) is 0 Å². The molecule has 0 unspecified atom stereocenters. The number of nitrogens with zero attached hydrogens (tertiary/aromatic N) is 4. The lowest BCUT2D eigenvalue weighted by atomic mass is 10.2. The van der Waals surface area contributed by atoms with Crippen LogP contribution >= 0.6 is 0 Å². The lowest BCUT2D eigenvalue weighted by Crippen LogP contribution is -2.46. The van der Waals surface area contributed by atoms with Gasteiger partial charge in [0.15, 0.2) is 0 Å². The van der Waals surface area contributed by atoms with Crippen molar-refractivity contribution in [2.45, 2.75) is 6.54 Å². The van der Waals surface area contributed by atoms with Crippen LogP contribution in [0.5, 0.6) is 0 Å². The Morgan fingerprint density at radius 2 is 1.69 bits per heavy atom. The van der Waals surface area contributed by atoms with Gasteiger partial charge in [0, 0.05) is 50.0 Å². The number of aromatic nitrogens is 3. The van der Waals surface area contributed by atoms with Crippen LogP contribution in [0.2, 0.25) is 0 Å². The summed E-state index contributed by atoms with van der Waals surface area (Å²) >= 11 is 0. The summed E-state index contributed by atoms with van der Waals surface area (Å²) in [6, 6.07) is 19.1. The minimum atomic E-state index is -0.127. The van der Waals surface area contributed by atoms with E-state index in [1.165, 1.54) is 6.07 Å². The largest absolute Gasteiger partial charge is 0.354 e. The van der Waals surface area contributed by atoms with Crippen molar-refractivity contribution in [1.29, 1.82) is 0 Å². The fraction of sp³-hybridized carbons (Fsp3) is 0.217. The zero-order valence-corrected chi connectivity index (χ0v) is 16.1. The summed E-state index contributed by atoms with van der Waals surface area (Å²) in [5, 5.41) is 0. The third-order valence-electron chi connectivity index (χ3n) is 5.46. The average molecular weight is 387 g/mol. The predicted molar refractivity (Wildman–Crippen MR) is 113 cm³/mol. The molecule has 0 saturated carbocycles. The molecule has 3 heterocycles. The highest BCUT2D eigenvalue weighted by atomic mass is 19.1. The Labute approximate surface area is 168 Å². The first-order chi connectivity index (χ1) is 14.3. The fourth-order valence-electron chi connectivity index (χ4n) is 3.81. The minimum absolute atomic E-state index is 0.127. The van der Waals surface area contributed by atoms with Crippen LogP contribution in [0.3, 0.4) is 0 Å². The summed E-state index contributed by atoms with van der Waals surface area (Å²) in [6.45, 7) is 4.19. The Kier molecular flexibility index (Phi) is 4.69. The van der Waals surface area contributed by atoms with Crippen LogP contribution in [0.4, 0.5) is 10.2 Å². The molecule has 1 saturated heterocycles. The number of hydrogen-bond donors (Lipinski definition) is 1. The molecular weight excluding hydrogens is 365 g/mol. The SMILES string of the molecule is Fc1ccccc1CN1CCN(c2ccc(-c3nc4ccccc4[nH]3)cn2)CC1. The van der Waals surface area contributed by atoms with Crippen molar-refractivity contribution in [2.75, 3.05) is 31.1 Å². The summed E-state index contributed by atoms with van der Waals surface area (Å²) in [5.74, 6) is 1.67. The van der Waals surface area contributed by atoms with Crippen LogP contribution in [-0.2, 0) is 6.54 Å². The summed E-state index contributed by atoms with van der Waals surface area (Å²) < 4.78 is 13.9. The number of H-pyrrole nitrogens is 1. The number of pyridine rings is 1. The highest BCUT2D eigenvalue weighted by Crippen LogP contribution is 2.22. The summed E-state index contributed by atoms with van der Waals surface area (Å²) in [4.78, 5) is 17.2. The van der Waals surface area contributed by atoms with E-state index in [9.17, 15) is 4.39 Å². The molecule has 1 aliphatic rings. The van der Waals surface area contributed by atoms with E-state index in [2.05, 4.69) is 36.9 Å². The standard InChI is InChI=1S/C23H22FN5/c24-19-6-2-1-5-18(19)16-28-11-13-29(14-12-28)22-10-9-17(15-25-22)23-26-20-7-3-4-8-21(20)27-23/h1-10,15H,11-14,16H2,(H,26,27). The molecular formula is C23H22FN5. The maximum absolute atomic E-state index is 13.9. The number of benzene rings is 2. The Hall–Kier alpha value is -3.25. The second-order valence-electron chi connectivity index (χ2n) is 7.36. The zero-order valence-electron chi connectivity index (χ0n) is 16.1. The first-order valence-electron chi connectivity index (χ1n) is 9.88. The third kappa shape index (κ3) is 3.71. The average Bonchev–Trinajstić information content (AvgIpc) is 3.20. The number of fused-ring (bicyclic) bond motifs is 1. The molecule has 0 bridgehead atoms. The third-order valence-corrected chi connectivity index (χ3v) is 5.46. The molecule has 1 aliphatic heterocycles. The number of nitrogens with one attached hydrogen (secondary N) is 1. The second-order valence-corrected chi connectivity index (χ2v) is 7.36. The number of piperazine rings is 1. The van der Waals surface area contributed by atoms with Crippen LogP contribution in [-0.4, -0.2) is 46.0 Å². The molecule has 5 nitrogen and oxygen atoms in total. The van der Waals surface area contributed by atoms with E-state index < -0.39 is 0 Å². The van der Waals surface area contributed by atoms with Gasteiger partial charge in [0.05, 0.1) is 11.0 Å². The smallest absolute Gasteiger partial charge is 0.140 e. The van der Waals surface area contributed by atoms with Crippen molar-refractivity contribution in [3.8, 4) is 11.4 Å². The van der Waals surface area contributed by atoms with E-state index >= 15 is 0 Å². The topological polar surface area (TPSA) is 48.0 Å². The Bertz CT molecular complexity index is 1080. The second kappa shape index (κ2) is 7.64. The molecule has 2 aromatic carbocycles. The molecule has 0 atom stereocenters. The molecule has 0 spiro atoms. The van der Waals surface area contributed by atoms with Crippen molar-refractivity contribution in [1.82, 2.24) is 19.9 Å². The first-order valence-corrected chi connectivity index (χ1v) is 9.88. The maximum atomic E-state index is 13.9. The van der Waals surface area contributed by atoms with Crippen molar-refractivity contribution in [2.24, 2.45) is 0 Å². The van der Waals surface area contributed by atoms with Crippen molar-refractivity contribution < 1.29 is 4.39 Å². The summed E-state index contributed by atoms with van der Waals surface area (Å²) in [5.41, 5.74) is 3.72. The monoisotopic (exact) mass is 387 g/mol. The number of hydrogen-bond acceptors (Lipinski definition) is 4. The lowest BCUT2D eigenvalue weighted by molar-refractivity contribution is 0.246. The van der Waals surface area contributed by atoms with Crippen molar-refractivity contribution >= 4 is 16.9 Å². The summed E-state index contributed by atoms with van der Waals surface area (Å²) in [7, 11) is 0. The van der Waals surface area contributed by atoms with Crippen LogP contribution in [0.25, 0.3) is 22.4 Å². The molecule has 0 amide bonds. The molecule has 0 aliphatic carbocycles. The first kappa shape index (κ1) is 17.8. The Morgan fingerprint density at radius 1 is 0.897 bits per heavy atom. The minimum Gasteiger partial charge on any atom is -0.354 e. The van der Waals surface area contributed by atoms with E-state index in [0.29, 0.717) is 6.54 Å². The van der Waals surface area contributed by atoms with Gasteiger partial charge in [0.25, 0.3) is 0 Å². The fourth-order valence-corrected chi connectivity index (χ4v) is 3.81. The molecule has 146 valence electrons. The molecule has 4 aromatic rings. The number of imidazole rings is 1. The Morgan fingerprint density at radius 3 is 2.45 bits per heavy atom. The van der Waals surface area contributed by atoms with Gasteiger partial charge in [-0.1, -0.05) is 30.3 Å². The molecule has 6 heteroatoms. The number of rotatable bonds is 4. The number of para-hydroxylation sites is 2. The van der Waals surface area contributed by atoms with E-state index in [1.807, 2.05) is 42.6 Å². The van der Waals surface area contributed by atoms with Crippen molar-refractivity contribution in [3.05, 3.63) is 78.2 Å². The van der Waals surface area contributed by atoms with Crippen molar-refractivity contribution in [3.63, 3.8) is 0 Å². The van der Waals surface area contributed by atoms with E-state index in [0.717, 1.165) is 60.0 Å². The summed E-state index contributed by atoms with van der Waals surface area (Å²) in [6.07, 6.45) is 1.87. The van der Waals surface area contributed by atoms with Gasteiger partial charge in [-0.3, -0.25) is 4.90 Å². The number of aromatic amines is 1. The Balaban J connectivity index is 1.24. The number of halogens is 1. The van der Waals surface area contributed by atoms with E-state index in [-0.39, 0.29) is 5.82 Å². The van der Waals surface area contributed by atoms with E-state index in [1.54, 1.807) is 6.07 Å². The van der Waals surface area contributed by atoms with E-state index in [4.69, 9.17) is 0 Å². The van der Waals surface area contributed by atoms with Gasteiger partial charge in [-0.25, -0.2) is 14.4 Å². The van der Waals surface area contributed by atoms with Gasteiger partial charge < -0.3 is 9.88 Å².